The Bertz CT molecular complexity index is 3800. The topological polar surface area (TPSA) is 132 Å². The number of aromatic nitrogens is 3. The van der Waals surface area contributed by atoms with Gasteiger partial charge in [-0.15, -0.1) is 22.7 Å². The number of hydrogen-bond acceptors (Lipinski definition) is 9. The Labute approximate surface area is 360 Å². The smallest absolute Gasteiger partial charge is 0.208 e. The summed E-state index contributed by atoms with van der Waals surface area (Å²) >= 11 is 3.31. The van der Waals surface area contributed by atoms with E-state index in [9.17, 15) is 25.5 Å². The van der Waals surface area contributed by atoms with Crippen molar-refractivity contribution in [3.63, 3.8) is 0 Å². The standard InChI is InChI=1S/C52H31N3O5S2/c56-45-44(46(57)48(59)49(60)47(45)58)36-26-35(31-19-10-18-30-29-14-5-8-22-40(29)61-50(30)31)53-52(54-36)34-24-25-39(51-43(34)33-16-6-9-23-41(33)62-51)55-37-20-7-4-15-32(37)42-28(17-11-21-38(42)55)27-12-2-1-3-13-27/h1-26,56-60H. The molecule has 5 N–H and O–H groups in total. The number of phenolic OH excluding ortho intramolecular Hbond substituents is 5. The van der Waals surface area contributed by atoms with E-state index in [0.717, 1.165) is 84.5 Å². The third-order valence-electron chi connectivity index (χ3n) is 11.8. The Morgan fingerprint density at radius 3 is 1.77 bits per heavy atom. The van der Waals surface area contributed by atoms with E-state index in [4.69, 9.17) is 9.97 Å². The van der Waals surface area contributed by atoms with Crippen LogP contribution in [0.5, 0.6) is 28.7 Å². The van der Waals surface area contributed by atoms with Gasteiger partial charge >= 0.3 is 0 Å². The van der Waals surface area contributed by atoms with Gasteiger partial charge in [0.2, 0.25) is 17.2 Å². The summed E-state index contributed by atoms with van der Waals surface area (Å²) in [6.45, 7) is 0. The number of aromatic hydroxyl groups is 5. The number of benzene rings is 8. The van der Waals surface area contributed by atoms with E-state index in [1.165, 1.54) is 0 Å². The second-order valence-corrected chi connectivity index (χ2v) is 17.3. The summed E-state index contributed by atoms with van der Waals surface area (Å²) in [4.78, 5) is 10.3. The summed E-state index contributed by atoms with van der Waals surface area (Å²) in [7, 11) is 0. The predicted molar refractivity (Wildman–Crippen MR) is 252 cm³/mol. The summed E-state index contributed by atoms with van der Waals surface area (Å²) in [6.07, 6.45) is 0. The molecule has 12 rings (SSSR count). The lowest BCUT2D eigenvalue weighted by molar-refractivity contribution is 0.330. The van der Waals surface area contributed by atoms with Crippen LogP contribution in [0.2, 0.25) is 0 Å². The fourth-order valence-electron chi connectivity index (χ4n) is 9.02. The average molecular weight is 842 g/mol. The second-order valence-electron chi connectivity index (χ2n) is 15.2. The molecule has 0 radical (unpaired) electrons. The largest absolute Gasteiger partial charge is 0.504 e. The fraction of sp³-hybridized carbons (Fsp3) is 0. The lowest BCUT2D eigenvalue weighted by Crippen LogP contribution is -1.99. The normalized spacial score (nSPS) is 11.9. The Kier molecular flexibility index (Phi) is 7.86. The highest BCUT2D eigenvalue weighted by molar-refractivity contribution is 7.26. The van der Waals surface area contributed by atoms with Gasteiger partial charge in [-0.2, -0.15) is 0 Å². The summed E-state index contributed by atoms with van der Waals surface area (Å²) in [5.74, 6) is -4.40. The summed E-state index contributed by atoms with van der Waals surface area (Å²) in [6, 6.07) is 53.6. The third-order valence-corrected chi connectivity index (χ3v) is 14.2. The molecular weight excluding hydrogens is 811 g/mol. The number of fused-ring (bicyclic) bond motifs is 9. The lowest BCUT2D eigenvalue weighted by Gasteiger charge is -2.16. The van der Waals surface area contributed by atoms with Gasteiger partial charge < -0.3 is 30.1 Å². The number of para-hydroxylation sites is 1. The minimum atomic E-state index is -1.05. The summed E-state index contributed by atoms with van der Waals surface area (Å²) < 4.78 is 6.50. The van der Waals surface area contributed by atoms with Crippen LogP contribution in [-0.2, 0) is 0 Å². The van der Waals surface area contributed by atoms with E-state index in [1.54, 1.807) is 28.7 Å². The van der Waals surface area contributed by atoms with Crippen molar-refractivity contribution in [2.45, 2.75) is 0 Å². The van der Waals surface area contributed by atoms with Crippen molar-refractivity contribution < 1.29 is 25.5 Å². The molecule has 4 aromatic heterocycles. The first kappa shape index (κ1) is 36.0. The molecule has 8 nitrogen and oxygen atoms in total. The molecular formula is C52H31N3O5S2. The number of rotatable bonds is 5. The van der Waals surface area contributed by atoms with Gasteiger partial charge in [0.1, 0.15) is 0 Å². The van der Waals surface area contributed by atoms with Crippen molar-refractivity contribution in [1.29, 1.82) is 0 Å². The van der Waals surface area contributed by atoms with E-state index in [2.05, 4.69) is 108 Å². The first-order valence-corrected chi connectivity index (χ1v) is 21.5. The third kappa shape index (κ3) is 5.17. The zero-order valence-electron chi connectivity index (χ0n) is 32.4. The molecule has 0 atom stereocenters. The molecule has 12 aromatic rings. The van der Waals surface area contributed by atoms with Crippen molar-refractivity contribution in [1.82, 2.24) is 14.5 Å². The molecule has 8 aromatic carbocycles. The van der Waals surface area contributed by atoms with Crippen molar-refractivity contribution in [2.75, 3.05) is 0 Å². The highest BCUT2D eigenvalue weighted by atomic mass is 32.1. The van der Waals surface area contributed by atoms with Crippen LogP contribution in [0.3, 0.4) is 0 Å². The van der Waals surface area contributed by atoms with Crippen molar-refractivity contribution >= 4 is 84.8 Å². The van der Waals surface area contributed by atoms with Crippen LogP contribution < -0.4 is 0 Å². The van der Waals surface area contributed by atoms with Gasteiger partial charge in [0.15, 0.2) is 17.3 Å². The van der Waals surface area contributed by atoms with Gasteiger partial charge in [-0.3, -0.25) is 0 Å². The molecule has 0 bridgehead atoms. The molecule has 0 saturated carbocycles. The molecule has 0 amide bonds. The molecule has 0 aliphatic heterocycles. The number of nitrogens with zero attached hydrogens (tertiary/aromatic N) is 3. The molecule has 0 aliphatic rings. The number of phenols is 5. The summed E-state index contributed by atoms with van der Waals surface area (Å²) in [5, 5.41) is 60.7. The van der Waals surface area contributed by atoms with Gasteiger partial charge in [0, 0.05) is 57.5 Å². The fourth-order valence-corrected chi connectivity index (χ4v) is 11.5. The van der Waals surface area contributed by atoms with Crippen molar-refractivity contribution in [3.05, 3.63) is 158 Å². The SMILES string of the molecule is Oc1c(O)c(O)c(-c2cc(-c3cccc4c3sc3ccccc34)nc(-c3ccc(-n4c5ccccc5c5c(-c6ccccc6)cccc54)c4sc5ccccc5c34)n2)c(O)c1O. The van der Waals surface area contributed by atoms with E-state index in [-0.39, 0.29) is 17.1 Å². The van der Waals surface area contributed by atoms with Crippen LogP contribution in [-0.4, -0.2) is 40.1 Å². The Hall–Kier alpha value is -7.92. The Morgan fingerprint density at radius 2 is 0.984 bits per heavy atom. The van der Waals surface area contributed by atoms with Gasteiger partial charge in [0.05, 0.1) is 38.4 Å². The van der Waals surface area contributed by atoms with Crippen LogP contribution in [0, 0.1) is 0 Å². The number of hydrogen-bond donors (Lipinski definition) is 5. The molecule has 0 fully saturated rings. The maximum atomic E-state index is 11.3. The molecule has 0 unspecified atom stereocenters. The quantitative estimate of drug-likeness (QED) is 0.0861. The van der Waals surface area contributed by atoms with Crippen LogP contribution >= 0.6 is 22.7 Å². The van der Waals surface area contributed by atoms with E-state index < -0.39 is 28.7 Å². The summed E-state index contributed by atoms with van der Waals surface area (Å²) in [5.41, 5.74) is 7.04. The van der Waals surface area contributed by atoms with Crippen LogP contribution in [0.25, 0.3) is 113 Å². The maximum Gasteiger partial charge on any atom is 0.208 e. The van der Waals surface area contributed by atoms with Gasteiger partial charge in [-0.25, -0.2) is 9.97 Å². The monoisotopic (exact) mass is 841 g/mol. The molecule has 4 heterocycles. The number of thiophene rings is 2. The Balaban J connectivity index is 1.17. The van der Waals surface area contributed by atoms with Crippen molar-refractivity contribution in [3.8, 4) is 79.5 Å². The average Bonchev–Trinajstić information content (AvgIpc) is 4.00. The first-order chi connectivity index (χ1) is 30.4. The molecule has 0 spiro atoms. The van der Waals surface area contributed by atoms with Crippen LogP contribution in [0.15, 0.2) is 158 Å². The first-order valence-electron chi connectivity index (χ1n) is 19.9. The minimum Gasteiger partial charge on any atom is -0.504 e. The highest BCUT2D eigenvalue weighted by Gasteiger charge is 2.28. The molecule has 296 valence electrons. The lowest BCUT2D eigenvalue weighted by atomic mass is 9.99. The minimum absolute atomic E-state index is 0.0244. The zero-order valence-corrected chi connectivity index (χ0v) is 34.0. The molecule has 0 aliphatic carbocycles. The van der Waals surface area contributed by atoms with Gasteiger partial charge in [-0.1, -0.05) is 115 Å². The maximum absolute atomic E-state index is 11.3. The van der Waals surface area contributed by atoms with Crippen molar-refractivity contribution in [2.24, 2.45) is 0 Å². The second kappa shape index (κ2) is 13.5. The molecule has 62 heavy (non-hydrogen) atoms. The zero-order chi connectivity index (χ0) is 41.8. The molecule has 10 heteroatoms. The molecule has 0 saturated heterocycles. The Morgan fingerprint density at radius 1 is 0.403 bits per heavy atom. The van der Waals surface area contributed by atoms with E-state index in [1.807, 2.05) is 48.5 Å². The van der Waals surface area contributed by atoms with Crippen LogP contribution in [0.4, 0.5) is 0 Å². The van der Waals surface area contributed by atoms with Gasteiger partial charge in [0.25, 0.3) is 0 Å². The van der Waals surface area contributed by atoms with Gasteiger partial charge in [-0.05, 0) is 53.6 Å². The van der Waals surface area contributed by atoms with E-state index in [0.29, 0.717) is 11.3 Å². The highest BCUT2D eigenvalue weighted by Crippen LogP contribution is 2.55. The van der Waals surface area contributed by atoms with Crippen LogP contribution in [0.1, 0.15) is 0 Å². The van der Waals surface area contributed by atoms with E-state index >= 15 is 0 Å². The predicted octanol–water partition coefficient (Wildman–Crippen LogP) is 13.5.